The molecule has 0 aliphatic heterocycles. The largest absolute Gasteiger partial charge is 0.480 e. The minimum atomic E-state index is -0.928. The van der Waals surface area contributed by atoms with Crippen LogP contribution < -0.4 is 5.73 Å². The number of aryl methyl sites for hydroxylation is 1. The predicted octanol–water partition coefficient (Wildman–Crippen LogP) is 3.23. The molecular weight excluding hydrogens is 316 g/mol. The Bertz CT molecular complexity index is 1120. The Hall–Kier alpha value is -3.41. The van der Waals surface area contributed by atoms with Crippen molar-refractivity contribution in [2.45, 2.75) is 13.5 Å². The van der Waals surface area contributed by atoms with E-state index in [9.17, 15) is 9.90 Å². The molecular formula is C19H16N4O2. The standard InChI is InChI=1S/C19H16N4O2/c1-11-7-13(12-5-3-2-4-6-12)8-14-16-18(20)21-10-22-19(16)23(17(11)14)9-15(24)25/h2-8,10H,9H2,1H3,(H,24,25)(H2,20,21,22). The SMILES string of the molecule is Cc1cc(-c2ccccc2)cc2c3c(N)ncnc3n(CC(=O)O)c12. The molecule has 25 heavy (non-hydrogen) atoms. The number of nitrogens with two attached hydrogens (primary N) is 1. The van der Waals surface area contributed by atoms with E-state index in [1.54, 1.807) is 4.57 Å². The van der Waals surface area contributed by atoms with Gasteiger partial charge in [-0.15, -0.1) is 0 Å². The fourth-order valence-electron chi connectivity index (χ4n) is 3.37. The van der Waals surface area contributed by atoms with E-state index in [2.05, 4.69) is 16.0 Å². The van der Waals surface area contributed by atoms with Gasteiger partial charge in [-0.25, -0.2) is 9.97 Å². The summed E-state index contributed by atoms with van der Waals surface area (Å²) in [4.78, 5) is 19.7. The summed E-state index contributed by atoms with van der Waals surface area (Å²) < 4.78 is 1.69. The van der Waals surface area contributed by atoms with Crippen LogP contribution >= 0.6 is 0 Å². The van der Waals surface area contributed by atoms with Crippen LogP contribution in [0.25, 0.3) is 33.1 Å². The second-order valence-electron chi connectivity index (χ2n) is 5.99. The van der Waals surface area contributed by atoms with E-state index >= 15 is 0 Å². The number of aromatic nitrogens is 3. The number of nitrogens with zero attached hydrogens (tertiary/aromatic N) is 3. The minimum absolute atomic E-state index is 0.179. The molecule has 2 aromatic heterocycles. The van der Waals surface area contributed by atoms with Gasteiger partial charge in [0.2, 0.25) is 0 Å². The van der Waals surface area contributed by atoms with Gasteiger partial charge in [-0.05, 0) is 35.7 Å². The molecule has 2 aromatic carbocycles. The Morgan fingerprint density at radius 3 is 2.64 bits per heavy atom. The van der Waals surface area contributed by atoms with Crippen molar-refractivity contribution in [3.05, 3.63) is 54.4 Å². The van der Waals surface area contributed by atoms with Crippen LogP contribution in [0, 0.1) is 6.92 Å². The summed E-state index contributed by atoms with van der Waals surface area (Å²) in [5, 5.41) is 10.9. The molecule has 0 radical (unpaired) electrons. The van der Waals surface area contributed by atoms with Gasteiger partial charge >= 0.3 is 5.97 Å². The summed E-state index contributed by atoms with van der Waals surface area (Å²) in [7, 11) is 0. The first-order valence-electron chi connectivity index (χ1n) is 7.86. The minimum Gasteiger partial charge on any atom is -0.480 e. The Morgan fingerprint density at radius 2 is 1.92 bits per heavy atom. The van der Waals surface area contributed by atoms with E-state index in [1.807, 2.05) is 43.3 Å². The van der Waals surface area contributed by atoms with E-state index in [1.165, 1.54) is 6.33 Å². The molecule has 0 atom stereocenters. The van der Waals surface area contributed by atoms with Crippen LogP contribution in [-0.4, -0.2) is 25.6 Å². The summed E-state index contributed by atoms with van der Waals surface area (Å²) in [6.07, 6.45) is 1.36. The Balaban J connectivity index is 2.13. The van der Waals surface area contributed by atoms with Crippen molar-refractivity contribution >= 4 is 33.7 Å². The van der Waals surface area contributed by atoms with Gasteiger partial charge in [-0.2, -0.15) is 0 Å². The van der Waals surface area contributed by atoms with Crippen LogP contribution in [0.15, 0.2) is 48.8 Å². The molecule has 0 saturated carbocycles. The summed E-state index contributed by atoms with van der Waals surface area (Å²) in [6.45, 7) is 1.79. The lowest BCUT2D eigenvalue weighted by Crippen LogP contribution is -2.09. The lowest BCUT2D eigenvalue weighted by Gasteiger charge is -2.08. The average molecular weight is 332 g/mol. The van der Waals surface area contributed by atoms with Crippen molar-refractivity contribution < 1.29 is 9.90 Å². The Morgan fingerprint density at radius 1 is 1.16 bits per heavy atom. The van der Waals surface area contributed by atoms with Gasteiger partial charge in [0.1, 0.15) is 24.3 Å². The molecule has 0 fully saturated rings. The first-order valence-corrected chi connectivity index (χ1v) is 7.86. The van der Waals surface area contributed by atoms with Crippen molar-refractivity contribution in [1.29, 1.82) is 0 Å². The number of carboxylic acids is 1. The maximum atomic E-state index is 11.3. The van der Waals surface area contributed by atoms with E-state index in [4.69, 9.17) is 5.73 Å². The summed E-state index contributed by atoms with van der Waals surface area (Å²) in [6, 6.07) is 14.1. The number of nitrogen functional groups attached to an aromatic ring is 1. The lowest BCUT2D eigenvalue weighted by molar-refractivity contribution is -0.137. The number of anilines is 1. The second kappa shape index (κ2) is 5.59. The van der Waals surface area contributed by atoms with Crippen LogP contribution in [0.1, 0.15) is 5.56 Å². The third kappa shape index (κ3) is 2.39. The Labute approximate surface area is 143 Å². The normalized spacial score (nSPS) is 11.2. The topological polar surface area (TPSA) is 94.0 Å². The summed E-state index contributed by atoms with van der Waals surface area (Å²) in [5.41, 5.74) is 10.6. The van der Waals surface area contributed by atoms with Crippen molar-refractivity contribution in [2.75, 3.05) is 5.73 Å². The molecule has 6 heteroatoms. The van der Waals surface area contributed by atoms with Crippen LogP contribution in [-0.2, 0) is 11.3 Å². The molecule has 6 nitrogen and oxygen atoms in total. The second-order valence-corrected chi connectivity index (χ2v) is 5.99. The van der Waals surface area contributed by atoms with Gasteiger partial charge < -0.3 is 15.4 Å². The monoisotopic (exact) mass is 332 g/mol. The van der Waals surface area contributed by atoms with Gasteiger partial charge in [0.25, 0.3) is 0 Å². The van der Waals surface area contributed by atoms with Crippen molar-refractivity contribution in [3.8, 4) is 11.1 Å². The molecule has 0 spiro atoms. The third-order valence-electron chi connectivity index (χ3n) is 4.35. The first kappa shape index (κ1) is 15.1. The van der Waals surface area contributed by atoms with E-state index in [0.29, 0.717) is 16.9 Å². The zero-order valence-corrected chi connectivity index (χ0v) is 13.6. The number of carbonyl (C=O) groups is 1. The molecule has 0 amide bonds. The van der Waals surface area contributed by atoms with E-state index in [0.717, 1.165) is 27.6 Å². The molecule has 124 valence electrons. The van der Waals surface area contributed by atoms with Crippen LogP contribution in [0.3, 0.4) is 0 Å². The van der Waals surface area contributed by atoms with Crippen molar-refractivity contribution in [2.24, 2.45) is 0 Å². The van der Waals surface area contributed by atoms with Gasteiger partial charge in [-0.1, -0.05) is 30.3 Å². The molecule has 0 aliphatic rings. The fourth-order valence-corrected chi connectivity index (χ4v) is 3.37. The lowest BCUT2D eigenvalue weighted by atomic mass is 10.00. The molecule has 2 heterocycles. The molecule has 3 N–H and O–H groups in total. The van der Waals surface area contributed by atoms with Gasteiger partial charge in [0.05, 0.1) is 10.9 Å². The zero-order valence-electron chi connectivity index (χ0n) is 13.6. The van der Waals surface area contributed by atoms with Crippen LogP contribution in [0.4, 0.5) is 5.82 Å². The van der Waals surface area contributed by atoms with E-state index in [-0.39, 0.29) is 6.54 Å². The van der Waals surface area contributed by atoms with Crippen molar-refractivity contribution in [1.82, 2.24) is 14.5 Å². The number of hydrogen-bond acceptors (Lipinski definition) is 4. The predicted molar refractivity (Wildman–Crippen MR) is 97.3 cm³/mol. The molecule has 0 aliphatic carbocycles. The summed E-state index contributed by atoms with van der Waals surface area (Å²) >= 11 is 0. The highest BCUT2D eigenvalue weighted by atomic mass is 16.4. The number of aliphatic carboxylic acids is 1. The molecule has 0 saturated heterocycles. The quantitative estimate of drug-likeness (QED) is 0.601. The Kier molecular flexibility index (Phi) is 3.39. The van der Waals surface area contributed by atoms with Crippen LogP contribution in [0.2, 0.25) is 0 Å². The first-order chi connectivity index (χ1) is 12.1. The van der Waals surface area contributed by atoms with Crippen molar-refractivity contribution in [3.63, 3.8) is 0 Å². The molecule has 4 aromatic rings. The highest BCUT2D eigenvalue weighted by Crippen LogP contribution is 2.36. The average Bonchev–Trinajstić information content (AvgIpc) is 2.91. The van der Waals surface area contributed by atoms with Gasteiger partial charge in [0.15, 0.2) is 0 Å². The smallest absolute Gasteiger partial charge is 0.323 e. The zero-order chi connectivity index (χ0) is 17.6. The number of hydrogen-bond donors (Lipinski definition) is 2. The van der Waals surface area contributed by atoms with Gasteiger partial charge in [-0.3, -0.25) is 4.79 Å². The highest BCUT2D eigenvalue weighted by Gasteiger charge is 2.19. The summed E-state index contributed by atoms with van der Waals surface area (Å²) in [5.74, 6) is -0.578. The number of benzene rings is 2. The number of carboxylic acid groups (broad SMARTS) is 1. The van der Waals surface area contributed by atoms with Gasteiger partial charge in [0, 0.05) is 5.39 Å². The molecule has 0 unspecified atom stereocenters. The maximum absolute atomic E-state index is 11.3. The highest BCUT2D eigenvalue weighted by molar-refractivity contribution is 6.13. The number of rotatable bonds is 3. The van der Waals surface area contributed by atoms with E-state index < -0.39 is 5.97 Å². The number of fused-ring (bicyclic) bond motifs is 3. The molecule has 4 rings (SSSR count). The third-order valence-corrected chi connectivity index (χ3v) is 4.35. The van der Waals surface area contributed by atoms with Crippen LogP contribution in [0.5, 0.6) is 0 Å². The molecule has 0 bridgehead atoms. The fraction of sp³-hybridized carbons (Fsp3) is 0.105. The maximum Gasteiger partial charge on any atom is 0.323 e.